The van der Waals surface area contributed by atoms with E-state index in [9.17, 15) is 4.79 Å². The van der Waals surface area contributed by atoms with E-state index in [1.165, 1.54) is 6.07 Å². The van der Waals surface area contributed by atoms with Gasteiger partial charge in [0.1, 0.15) is 5.82 Å². The van der Waals surface area contributed by atoms with E-state index in [4.69, 9.17) is 0 Å². The molecule has 1 aromatic heterocycles. The summed E-state index contributed by atoms with van der Waals surface area (Å²) in [4.78, 5) is 18.7. The van der Waals surface area contributed by atoms with Crippen molar-refractivity contribution < 1.29 is 0 Å². The molecule has 0 radical (unpaired) electrons. The van der Waals surface area contributed by atoms with Crippen LogP contribution in [-0.2, 0) is 0 Å². The molecule has 1 N–H and O–H groups in total. The molecular formula is C15H12N2O. The van der Waals surface area contributed by atoms with Gasteiger partial charge in [0.05, 0.1) is 0 Å². The molecule has 0 atom stereocenters. The number of nitrogens with one attached hydrogen (secondary N) is 1. The molecule has 3 aromatic rings. The lowest BCUT2D eigenvalue weighted by atomic mass is 10.0. The number of benzene rings is 2. The van der Waals surface area contributed by atoms with E-state index in [0.29, 0.717) is 5.82 Å². The number of aromatic amines is 1. The molecule has 0 saturated carbocycles. The largest absolute Gasteiger partial charge is 0.306 e. The number of hydrogen-bond donors (Lipinski definition) is 1. The average molecular weight is 236 g/mol. The topological polar surface area (TPSA) is 45.8 Å². The molecule has 0 saturated heterocycles. The number of aromatic nitrogens is 2. The third-order valence-corrected chi connectivity index (χ3v) is 2.91. The molecular weight excluding hydrogens is 224 g/mol. The van der Waals surface area contributed by atoms with Gasteiger partial charge in [0.15, 0.2) is 0 Å². The highest BCUT2D eigenvalue weighted by atomic mass is 16.1. The highest BCUT2D eigenvalue weighted by Crippen LogP contribution is 2.25. The van der Waals surface area contributed by atoms with Gasteiger partial charge >= 0.3 is 0 Å². The van der Waals surface area contributed by atoms with Crippen LogP contribution < -0.4 is 5.56 Å². The van der Waals surface area contributed by atoms with E-state index in [0.717, 1.165) is 22.0 Å². The molecule has 18 heavy (non-hydrogen) atoms. The maximum atomic E-state index is 11.5. The quantitative estimate of drug-likeness (QED) is 0.706. The molecule has 0 unspecified atom stereocenters. The average Bonchev–Trinajstić information content (AvgIpc) is 2.37. The van der Waals surface area contributed by atoms with Crippen molar-refractivity contribution in [1.82, 2.24) is 9.97 Å². The van der Waals surface area contributed by atoms with Crippen molar-refractivity contribution in [1.29, 1.82) is 0 Å². The molecule has 1 heterocycles. The highest BCUT2D eigenvalue weighted by molar-refractivity contribution is 5.94. The van der Waals surface area contributed by atoms with Crippen molar-refractivity contribution in [2.45, 2.75) is 6.92 Å². The van der Waals surface area contributed by atoms with Crippen LogP contribution in [0.2, 0.25) is 0 Å². The summed E-state index contributed by atoms with van der Waals surface area (Å²) in [6, 6.07) is 15.6. The van der Waals surface area contributed by atoms with Crippen molar-refractivity contribution in [3.63, 3.8) is 0 Å². The van der Waals surface area contributed by atoms with Crippen molar-refractivity contribution in [3.05, 3.63) is 64.6 Å². The van der Waals surface area contributed by atoms with Gasteiger partial charge in [0.25, 0.3) is 5.56 Å². The lowest BCUT2D eigenvalue weighted by Crippen LogP contribution is -2.08. The van der Waals surface area contributed by atoms with Crippen LogP contribution in [-0.4, -0.2) is 9.97 Å². The minimum atomic E-state index is -0.120. The van der Waals surface area contributed by atoms with Gasteiger partial charge in [-0.05, 0) is 17.7 Å². The van der Waals surface area contributed by atoms with E-state index < -0.39 is 0 Å². The Hall–Kier alpha value is -2.42. The van der Waals surface area contributed by atoms with Crippen LogP contribution in [0.1, 0.15) is 5.69 Å². The van der Waals surface area contributed by atoms with Gasteiger partial charge in [-0.1, -0.05) is 42.5 Å². The number of nitrogens with zero attached hydrogens (tertiary/aromatic N) is 1. The first kappa shape index (κ1) is 10.7. The summed E-state index contributed by atoms with van der Waals surface area (Å²) in [5.41, 5.74) is 1.56. The van der Waals surface area contributed by atoms with E-state index in [2.05, 4.69) is 9.97 Å². The zero-order chi connectivity index (χ0) is 12.5. The number of fused-ring (bicyclic) bond motifs is 1. The fraction of sp³-hybridized carbons (Fsp3) is 0.0667. The predicted octanol–water partition coefficient (Wildman–Crippen LogP) is 2.90. The summed E-state index contributed by atoms with van der Waals surface area (Å²) in [5.74, 6) is 0.622. The normalized spacial score (nSPS) is 10.7. The van der Waals surface area contributed by atoms with Crippen molar-refractivity contribution >= 4 is 10.8 Å². The molecule has 0 aliphatic heterocycles. The lowest BCUT2D eigenvalue weighted by molar-refractivity contribution is 1.08. The summed E-state index contributed by atoms with van der Waals surface area (Å²) < 4.78 is 0. The van der Waals surface area contributed by atoms with Crippen LogP contribution in [0, 0.1) is 6.92 Å². The summed E-state index contributed by atoms with van der Waals surface area (Å²) >= 11 is 0. The maximum Gasteiger partial charge on any atom is 0.251 e. The Morgan fingerprint density at radius 3 is 2.67 bits per heavy atom. The Labute approximate surface area is 104 Å². The Morgan fingerprint density at radius 1 is 1.06 bits per heavy atom. The summed E-state index contributed by atoms with van der Waals surface area (Å²) in [7, 11) is 0. The molecule has 3 rings (SSSR count). The molecule has 0 aliphatic rings. The summed E-state index contributed by atoms with van der Waals surface area (Å²) in [5, 5.41) is 2.23. The summed E-state index contributed by atoms with van der Waals surface area (Å²) in [6.07, 6.45) is 0. The monoisotopic (exact) mass is 236 g/mol. The third kappa shape index (κ3) is 1.80. The van der Waals surface area contributed by atoms with Crippen molar-refractivity contribution in [2.24, 2.45) is 0 Å². The van der Waals surface area contributed by atoms with E-state index in [-0.39, 0.29) is 5.56 Å². The van der Waals surface area contributed by atoms with Crippen LogP contribution in [0.4, 0.5) is 0 Å². The molecule has 0 spiro atoms. The van der Waals surface area contributed by atoms with E-state index >= 15 is 0 Å². The fourth-order valence-corrected chi connectivity index (χ4v) is 2.14. The predicted molar refractivity (Wildman–Crippen MR) is 72.5 cm³/mol. The zero-order valence-corrected chi connectivity index (χ0v) is 9.97. The second-order valence-electron chi connectivity index (χ2n) is 4.26. The smallest absolute Gasteiger partial charge is 0.251 e. The third-order valence-electron chi connectivity index (χ3n) is 2.91. The minimum Gasteiger partial charge on any atom is -0.306 e. The molecule has 2 aromatic carbocycles. The number of H-pyrrole nitrogens is 1. The first-order valence-electron chi connectivity index (χ1n) is 5.80. The van der Waals surface area contributed by atoms with Gasteiger partial charge in [-0.2, -0.15) is 0 Å². The van der Waals surface area contributed by atoms with Gasteiger partial charge in [0, 0.05) is 17.3 Å². The highest BCUT2D eigenvalue weighted by Gasteiger charge is 2.05. The Balaban J connectivity index is 2.34. The first-order chi connectivity index (χ1) is 8.74. The minimum absolute atomic E-state index is 0.120. The molecule has 0 amide bonds. The van der Waals surface area contributed by atoms with Crippen LogP contribution in [0.25, 0.3) is 22.2 Å². The Morgan fingerprint density at radius 2 is 1.83 bits per heavy atom. The Kier molecular flexibility index (Phi) is 2.45. The number of rotatable bonds is 1. The second kappa shape index (κ2) is 4.11. The van der Waals surface area contributed by atoms with Gasteiger partial charge < -0.3 is 4.98 Å². The molecule has 0 fully saturated rings. The molecule has 3 nitrogen and oxygen atoms in total. The molecule has 88 valence electrons. The summed E-state index contributed by atoms with van der Waals surface area (Å²) in [6.45, 7) is 1.82. The molecule has 0 bridgehead atoms. The lowest BCUT2D eigenvalue weighted by Gasteiger charge is -2.06. The van der Waals surface area contributed by atoms with Crippen LogP contribution in [0.5, 0.6) is 0 Å². The molecule has 0 aliphatic carbocycles. The zero-order valence-electron chi connectivity index (χ0n) is 9.97. The van der Waals surface area contributed by atoms with E-state index in [1.54, 1.807) is 0 Å². The second-order valence-corrected chi connectivity index (χ2v) is 4.26. The number of aryl methyl sites for hydroxylation is 1. The van der Waals surface area contributed by atoms with Gasteiger partial charge in [-0.15, -0.1) is 0 Å². The maximum absolute atomic E-state index is 11.5. The first-order valence-corrected chi connectivity index (χ1v) is 5.80. The van der Waals surface area contributed by atoms with Gasteiger partial charge in [0.2, 0.25) is 0 Å². The van der Waals surface area contributed by atoms with Crippen molar-refractivity contribution in [2.75, 3.05) is 0 Å². The van der Waals surface area contributed by atoms with Crippen LogP contribution in [0.15, 0.2) is 53.3 Å². The van der Waals surface area contributed by atoms with E-state index in [1.807, 2.05) is 49.4 Å². The Bertz CT molecular complexity index is 769. The SMILES string of the molecule is Cc1cc(=O)[nH]c(-c2cccc3ccccc23)n1. The standard InChI is InChI=1S/C15H12N2O/c1-10-9-14(18)17-15(16-10)13-8-4-6-11-5-2-3-7-12(11)13/h2-9H,1H3,(H,16,17,18). The van der Waals surface area contributed by atoms with Crippen molar-refractivity contribution in [3.8, 4) is 11.4 Å². The van der Waals surface area contributed by atoms with Gasteiger partial charge in [-0.25, -0.2) is 4.98 Å². The van der Waals surface area contributed by atoms with Gasteiger partial charge in [-0.3, -0.25) is 4.79 Å². The number of hydrogen-bond acceptors (Lipinski definition) is 2. The van der Waals surface area contributed by atoms with Crippen LogP contribution >= 0.6 is 0 Å². The molecule has 3 heteroatoms. The van der Waals surface area contributed by atoms with Crippen LogP contribution in [0.3, 0.4) is 0 Å². The fourth-order valence-electron chi connectivity index (χ4n) is 2.14.